The molecule has 14 heteroatoms. The van der Waals surface area contributed by atoms with E-state index in [4.69, 9.17) is 23.7 Å². The van der Waals surface area contributed by atoms with Crippen LogP contribution in [-0.2, 0) is 47.7 Å². The molecule has 3 heterocycles. The van der Waals surface area contributed by atoms with Gasteiger partial charge in [0.25, 0.3) is 11.7 Å². The number of amides is 1. The van der Waals surface area contributed by atoms with Gasteiger partial charge in [-0.05, 0) is 107 Å². The van der Waals surface area contributed by atoms with E-state index in [1.165, 1.54) is 12.0 Å². The maximum absolute atomic E-state index is 14.4. The zero-order valence-electron chi connectivity index (χ0n) is 41.3. The molecular weight excluding hydrogens is 835 g/mol. The molecule has 1 saturated carbocycles. The van der Waals surface area contributed by atoms with Crippen LogP contribution >= 0.6 is 0 Å². The van der Waals surface area contributed by atoms with Crippen LogP contribution in [0.2, 0.25) is 0 Å². The number of ether oxygens (including phenoxy) is 5. The summed E-state index contributed by atoms with van der Waals surface area (Å²) < 4.78 is 29.6. The number of nitrogens with zero attached hydrogens (tertiary/aromatic N) is 1. The highest BCUT2D eigenvalue weighted by Crippen LogP contribution is 2.38. The molecule has 3 N–H and O–H groups in total. The van der Waals surface area contributed by atoms with E-state index in [1.54, 1.807) is 41.1 Å². The van der Waals surface area contributed by atoms with Gasteiger partial charge >= 0.3 is 5.97 Å². The summed E-state index contributed by atoms with van der Waals surface area (Å²) in [6, 6.07) is -1.12. The summed E-state index contributed by atoms with van der Waals surface area (Å²) in [5.41, 5.74) is 0.415. The minimum Gasteiger partial charge on any atom is -0.460 e. The quantitative estimate of drug-likeness (QED) is 0.145. The molecule has 3 aliphatic heterocycles. The summed E-state index contributed by atoms with van der Waals surface area (Å²) in [4.78, 5) is 71.9. The SMILES string of the molecule is CO[C@H]1C[C@@H]2CC[C@@H](C)[C@@](O)(O2)C(=O)C(=O)N2CCCC[C@H]2C(=O)O[C@H]([C@H](C)C[C@H]2CC[C@@H](O)[C@H](OC)C2)CC(=O)[C@H](C)/C=C(\C)[C@@H](O)[C@@H](OC)C(=O)[C@H](C)C[C@H](C)CCCCCC1C. The molecule has 1 aliphatic carbocycles. The summed E-state index contributed by atoms with van der Waals surface area (Å²) in [6.45, 7) is 13.2. The van der Waals surface area contributed by atoms with E-state index in [0.717, 1.165) is 38.5 Å². The molecule has 1 amide bonds. The molecule has 1 unspecified atom stereocenters. The third-order valence-corrected chi connectivity index (χ3v) is 15.5. The molecule has 65 heavy (non-hydrogen) atoms. The molecule has 14 nitrogen and oxygen atoms in total. The molecule has 3 fully saturated rings. The van der Waals surface area contributed by atoms with Crippen molar-refractivity contribution < 1.29 is 63.0 Å². The van der Waals surface area contributed by atoms with Crippen molar-refractivity contribution in [2.24, 2.45) is 41.4 Å². The van der Waals surface area contributed by atoms with E-state index in [9.17, 15) is 39.3 Å². The lowest BCUT2D eigenvalue weighted by molar-refractivity contribution is -0.267. The van der Waals surface area contributed by atoms with E-state index < -0.39 is 71.8 Å². The van der Waals surface area contributed by atoms with E-state index in [2.05, 4.69) is 13.8 Å². The number of ketones is 3. The molecule has 2 saturated heterocycles. The lowest BCUT2D eigenvalue weighted by atomic mass is 9.78. The summed E-state index contributed by atoms with van der Waals surface area (Å²) in [7, 11) is 4.63. The van der Waals surface area contributed by atoms with Crippen LogP contribution in [0.5, 0.6) is 0 Å². The van der Waals surface area contributed by atoms with E-state index in [-0.39, 0.29) is 72.8 Å². The van der Waals surface area contributed by atoms with Crippen molar-refractivity contribution >= 4 is 29.2 Å². The predicted molar refractivity (Wildman–Crippen MR) is 245 cm³/mol. The summed E-state index contributed by atoms with van der Waals surface area (Å²) >= 11 is 0. The van der Waals surface area contributed by atoms with Gasteiger partial charge in [0.1, 0.15) is 30.1 Å². The third-order valence-electron chi connectivity index (χ3n) is 15.5. The molecule has 2 bridgehead atoms. The van der Waals surface area contributed by atoms with Crippen LogP contribution in [0.25, 0.3) is 0 Å². The number of allylic oxidation sites excluding steroid dienone is 1. The Morgan fingerprint density at radius 2 is 1.48 bits per heavy atom. The average Bonchev–Trinajstić information content (AvgIpc) is 3.28. The molecule has 372 valence electrons. The number of hydrogen-bond acceptors (Lipinski definition) is 13. The number of piperidine rings is 1. The first kappa shape index (κ1) is 55.0. The van der Waals surface area contributed by atoms with Gasteiger partial charge in [0.2, 0.25) is 5.79 Å². The second-order valence-corrected chi connectivity index (χ2v) is 20.7. The molecule has 4 aliphatic rings. The fourth-order valence-electron chi connectivity index (χ4n) is 11.0. The van der Waals surface area contributed by atoms with Crippen molar-refractivity contribution in [3.63, 3.8) is 0 Å². The predicted octanol–water partition coefficient (Wildman–Crippen LogP) is 6.71. The van der Waals surface area contributed by atoms with Gasteiger partial charge in [0.05, 0.1) is 24.4 Å². The van der Waals surface area contributed by atoms with Gasteiger partial charge in [-0.2, -0.15) is 0 Å². The van der Waals surface area contributed by atoms with Gasteiger partial charge in [-0.3, -0.25) is 19.2 Å². The fourth-order valence-corrected chi connectivity index (χ4v) is 11.0. The molecule has 0 radical (unpaired) electrons. The number of aliphatic hydroxyl groups is 3. The smallest absolute Gasteiger partial charge is 0.329 e. The fraction of sp³-hybridized carbons (Fsp3) is 0.863. The molecule has 16 atom stereocenters. The van der Waals surface area contributed by atoms with Crippen LogP contribution in [0.1, 0.15) is 158 Å². The number of methoxy groups -OCH3 is 3. The minimum absolute atomic E-state index is 0.107. The third kappa shape index (κ3) is 14.7. The summed E-state index contributed by atoms with van der Waals surface area (Å²) in [5, 5.41) is 33.9. The Balaban J connectivity index is 1.66. The van der Waals surface area contributed by atoms with Crippen molar-refractivity contribution in [1.82, 2.24) is 4.90 Å². The van der Waals surface area contributed by atoms with Gasteiger partial charge in [-0.15, -0.1) is 0 Å². The highest BCUT2D eigenvalue weighted by atomic mass is 16.6. The van der Waals surface area contributed by atoms with Crippen LogP contribution in [0.3, 0.4) is 0 Å². The Kier molecular flexibility index (Phi) is 21.7. The van der Waals surface area contributed by atoms with Gasteiger partial charge in [0, 0.05) is 58.5 Å². The molecular formula is C51H85NO13. The molecule has 4 rings (SSSR count). The van der Waals surface area contributed by atoms with Gasteiger partial charge < -0.3 is 43.9 Å². The zero-order valence-corrected chi connectivity index (χ0v) is 41.3. The number of rotatable bonds is 6. The monoisotopic (exact) mass is 920 g/mol. The van der Waals surface area contributed by atoms with Gasteiger partial charge in [-0.25, -0.2) is 4.79 Å². The normalized spacial score (nSPS) is 40.4. The Labute approximate surface area is 389 Å². The first-order chi connectivity index (χ1) is 30.7. The van der Waals surface area contributed by atoms with Crippen LogP contribution in [-0.4, -0.2) is 132 Å². The second kappa shape index (κ2) is 25.7. The van der Waals surface area contributed by atoms with Crippen molar-refractivity contribution in [3.05, 3.63) is 11.6 Å². The number of hydrogen-bond donors (Lipinski definition) is 3. The maximum atomic E-state index is 14.4. The van der Waals surface area contributed by atoms with Gasteiger partial charge in [0.15, 0.2) is 5.78 Å². The van der Waals surface area contributed by atoms with E-state index >= 15 is 0 Å². The lowest BCUT2D eigenvalue weighted by Crippen LogP contribution is -2.61. The van der Waals surface area contributed by atoms with Crippen LogP contribution in [0, 0.1) is 41.4 Å². The summed E-state index contributed by atoms with van der Waals surface area (Å²) in [5.74, 6) is -7.18. The zero-order chi connectivity index (χ0) is 48.2. The van der Waals surface area contributed by atoms with Crippen LogP contribution in [0.15, 0.2) is 11.6 Å². The first-order valence-corrected chi connectivity index (χ1v) is 24.9. The Bertz CT molecular complexity index is 1600. The van der Waals surface area contributed by atoms with Gasteiger partial charge in [-0.1, -0.05) is 73.3 Å². The number of carbonyl (C=O) groups is 5. The number of esters is 1. The van der Waals surface area contributed by atoms with Crippen LogP contribution in [0.4, 0.5) is 0 Å². The van der Waals surface area contributed by atoms with Crippen molar-refractivity contribution in [2.75, 3.05) is 27.9 Å². The second-order valence-electron chi connectivity index (χ2n) is 20.7. The number of Topliss-reactive ketones (excluding diaryl/α,β-unsaturated/α-hetero) is 3. The van der Waals surface area contributed by atoms with Crippen molar-refractivity contribution in [2.45, 2.75) is 212 Å². The molecule has 0 aromatic carbocycles. The Morgan fingerprint density at radius 3 is 2.15 bits per heavy atom. The highest BCUT2D eigenvalue weighted by Gasteiger charge is 2.53. The van der Waals surface area contributed by atoms with Crippen molar-refractivity contribution in [1.29, 1.82) is 0 Å². The summed E-state index contributed by atoms with van der Waals surface area (Å²) in [6.07, 6.45) is 7.34. The Morgan fingerprint density at radius 1 is 0.800 bits per heavy atom. The Hall–Kier alpha value is -2.59. The van der Waals surface area contributed by atoms with E-state index in [1.807, 2.05) is 13.8 Å². The number of fused-ring (bicyclic) bond motifs is 3. The molecule has 0 spiro atoms. The van der Waals surface area contributed by atoms with Crippen LogP contribution < -0.4 is 0 Å². The number of aliphatic hydroxyl groups excluding tert-OH is 2. The van der Waals surface area contributed by atoms with E-state index in [0.29, 0.717) is 63.4 Å². The standard InChI is InChI=1S/C51H85NO13/c1-30-16-12-11-13-17-31(2)42(61-8)28-38-21-19-36(7)51(60,65-38)48(57)49(58)52-23-15-14-18-39(52)50(59)64-43(33(4)26-37-20-22-40(53)44(27-37)62-9)29-41(54)32(3)25-35(6)46(56)47(63-10)45(55)34(5)24-30/h25,30-34,36-40,42-44,46-47,53,56,60H,11-24,26-29H2,1-10H3/b35-25+/t30-,31?,32-,33-,34-,36-,37-,38+,39+,40-,42+,43+,44-,46-,47+,51-/m1/s1. The topological polar surface area (TPSA) is 195 Å². The molecule has 0 aromatic rings. The molecule has 0 aromatic heterocycles. The lowest BCUT2D eigenvalue weighted by Gasteiger charge is -2.43. The minimum atomic E-state index is -2.39. The largest absolute Gasteiger partial charge is 0.460 e. The number of cyclic esters (lactones) is 1. The maximum Gasteiger partial charge on any atom is 0.329 e. The number of carbonyl (C=O) groups excluding carboxylic acids is 5. The van der Waals surface area contributed by atoms with Crippen molar-refractivity contribution in [3.8, 4) is 0 Å². The average molecular weight is 920 g/mol. The first-order valence-electron chi connectivity index (χ1n) is 24.9. The highest BCUT2D eigenvalue weighted by molar-refractivity contribution is 6.39.